The van der Waals surface area contributed by atoms with Crippen molar-refractivity contribution >= 4 is 22.8 Å². The van der Waals surface area contributed by atoms with Crippen molar-refractivity contribution in [3.63, 3.8) is 0 Å². The molecule has 3 nitrogen and oxygen atoms in total. The molecule has 2 atom stereocenters. The molecule has 1 aromatic carbocycles. The van der Waals surface area contributed by atoms with Gasteiger partial charge in [-0.25, -0.2) is 0 Å². The summed E-state index contributed by atoms with van der Waals surface area (Å²) in [6.07, 6.45) is 5.96. The number of likely N-dealkylation sites (tertiary alicyclic amines) is 1. The Bertz CT molecular complexity index is 533. The Morgan fingerprint density at radius 1 is 1.32 bits per heavy atom. The van der Waals surface area contributed by atoms with Crippen LogP contribution in [0.2, 0.25) is 0 Å². The Kier molecular flexibility index (Phi) is 6.37. The van der Waals surface area contributed by atoms with E-state index < -0.39 is 16.0 Å². The summed E-state index contributed by atoms with van der Waals surface area (Å²) in [6.45, 7) is 5.62. The number of benzene rings is 1. The fraction of sp³-hybridized carbons (Fsp3) is 0.500. The van der Waals surface area contributed by atoms with Crippen molar-refractivity contribution < 1.29 is 9.00 Å². The molecule has 1 aliphatic heterocycles. The molecule has 0 aromatic heterocycles. The van der Waals surface area contributed by atoms with Crippen molar-refractivity contribution in [2.45, 2.75) is 31.9 Å². The highest BCUT2D eigenvalue weighted by Gasteiger charge is 2.27. The molecule has 22 heavy (non-hydrogen) atoms. The molecule has 1 aliphatic rings. The summed E-state index contributed by atoms with van der Waals surface area (Å²) in [4.78, 5) is 14.3. The van der Waals surface area contributed by atoms with Crippen LogP contribution in [0, 0.1) is 5.92 Å². The fourth-order valence-electron chi connectivity index (χ4n) is 2.59. The lowest BCUT2D eigenvalue weighted by atomic mass is 9.99. The molecule has 0 radical (unpaired) electrons. The molecule has 0 saturated carbocycles. The molecule has 0 bridgehead atoms. The molecule has 1 saturated heterocycles. The average molecular weight is 319 g/mol. The molecule has 2 rings (SSSR count). The van der Waals surface area contributed by atoms with Gasteiger partial charge in [0.05, 0.1) is 0 Å². The number of nitrogens with zero attached hydrogens (tertiary/aromatic N) is 1. The van der Waals surface area contributed by atoms with Crippen molar-refractivity contribution in [2.75, 3.05) is 18.8 Å². The summed E-state index contributed by atoms with van der Waals surface area (Å²) in [5, 5.41) is -0.422. The summed E-state index contributed by atoms with van der Waals surface area (Å²) < 4.78 is 12.3. The molecular weight excluding hydrogens is 294 g/mol. The number of carbonyl (C=O) groups excluding carboxylic acids is 1. The first kappa shape index (κ1) is 16.9. The highest BCUT2D eigenvalue weighted by atomic mass is 32.2. The first-order valence-electron chi connectivity index (χ1n) is 7.95. The lowest BCUT2D eigenvalue weighted by molar-refractivity contribution is -0.131. The maximum atomic E-state index is 12.4. The maximum Gasteiger partial charge on any atom is 0.238 e. The third-order valence-electron chi connectivity index (χ3n) is 4.21. The molecule has 120 valence electrons. The van der Waals surface area contributed by atoms with Crippen molar-refractivity contribution in [3.8, 4) is 0 Å². The fourth-order valence-corrected chi connectivity index (χ4v) is 3.53. The molecule has 1 heterocycles. The second kappa shape index (κ2) is 8.28. The second-order valence-corrected chi connectivity index (χ2v) is 7.81. The Balaban J connectivity index is 1.84. The van der Waals surface area contributed by atoms with Crippen molar-refractivity contribution in [3.05, 3.63) is 42.0 Å². The summed E-state index contributed by atoms with van der Waals surface area (Å²) >= 11 is 0. The van der Waals surface area contributed by atoms with Gasteiger partial charge in [0.2, 0.25) is 5.91 Å². The van der Waals surface area contributed by atoms with Gasteiger partial charge in [-0.1, -0.05) is 49.4 Å². The number of carbonyl (C=O) groups is 1. The van der Waals surface area contributed by atoms with Crippen LogP contribution in [-0.2, 0) is 15.6 Å². The van der Waals surface area contributed by atoms with Crippen LogP contribution in [0.4, 0.5) is 0 Å². The third kappa shape index (κ3) is 4.80. The minimum Gasteiger partial charge on any atom is -0.342 e. The van der Waals surface area contributed by atoms with Gasteiger partial charge in [-0.2, -0.15) is 0 Å². The first-order valence-corrected chi connectivity index (χ1v) is 9.33. The lowest BCUT2D eigenvalue weighted by Gasteiger charge is -2.31. The molecule has 1 aromatic rings. The van der Waals surface area contributed by atoms with Gasteiger partial charge in [-0.15, -0.1) is 0 Å². The van der Waals surface area contributed by atoms with E-state index in [9.17, 15) is 9.00 Å². The van der Waals surface area contributed by atoms with E-state index in [2.05, 4.69) is 6.92 Å². The normalized spacial score (nSPS) is 19.3. The Hall–Kier alpha value is -1.42. The Labute approximate surface area is 135 Å². The number of piperidine rings is 1. The second-order valence-electron chi connectivity index (χ2n) is 6.01. The lowest BCUT2D eigenvalue weighted by Crippen LogP contribution is -2.44. The van der Waals surface area contributed by atoms with Crippen LogP contribution in [0.25, 0.3) is 6.08 Å². The zero-order valence-corrected chi connectivity index (χ0v) is 14.2. The van der Waals surface area contributed by atoms with Crippen molar-refractivity contribution in [1.82, 2.24) is 4.90 Å². The van der Waals surface area contributed by atoms with Crippen LogP contribution >= 0.6 is 0 Å². The molecule has 1 fully saturated rings. The molecule has 0 aliphatic carbocycles. The summed E-state index contributed by atoms with van der Waals surface area (Å²) in [5.74, 6) is 1.16. The predicted octanol–water partition coefficient (Wildman–Crippen LogP) is 3.10. The Morgan fingerprint density at radius 3 is 2.59 bits per heavy atom. The zero-order valence-electron chi connectivity index (χ0n) is 13.4. The number of hydrogen-bond donors (Lipinski definition) is 0. The highest BCUT2D eigenvalue weighted by molar-refractivity contribution is 7.86. The van der Waals surface area contributed by atoms with E-state index >= 15 is 0 Å². The van der Waals surface area contributed by atoms with Crippen LogP contribution in [0.5, 0.6) is 0 Å². The van der Waals surface area contributed by atoms with Gasteiger partial charge in [0, 0.05) is 29.6 Å². The van der Waals surface area contributed by atoms with E-state index in [-0.39, 0.29) is 5.91 Å². The standard InChI is InChI=1S/C18H25NO2S/c1-15-10-12-19(13-11-15)18(20)16(2)22(21)14-6-9-17-7-4-3-5-8-17/h3-9,15-16H,10-14H2,1-2H3/b9-6+/t16-,22+/m0/s1. The van der Waals surface area contributed by atoms with E-state index in [0.29, 0.717) is 11.7 Å². The highest BCUT2D eigenvalue weighted by Crippen LogP contribution is 2.17. The molecule has 0 spiro atoms. The van der Waals surface area contributed by atoms with Gasteiger partial charge in [0.15, 0.2) is 0 Å². The van der Waals surface area contributed by atoms with Crippen LogP contribution in [0.1, 0.15) is 32.3 Å². The van der Waals surface area contributed by atoms with Crippen LogP contribution in [0.3, 0.4) is 0 Å². The van der Waals surface area contributed by atoms with Gasteiger partial charge in [0.1, 0.15) is 5.25 Å². The minimum absolute atomic E-state index is 0.0401. The van der Waals surface area contributed by atoms with Gasteiger partial charge < -0.3 is 4.90 Å². The number of hydrogen-bond acceptors (Lipinski definition) is 2. The van der Waals surface area contributed by atoms with E-state index in [1.165, 1.54) is 0 Å². The third-order valence-corrected chi connectivity index (χ3v) is 5.72. The average Bonchev–Trinajstić information content (AvgIpc) is 2.55. The van der Waals surface area contributed by atoms with Crippen molar-refractivity contribution in [2.24, 2.45) is 5.92 Å². The monoisotopic (exact) mass is 319 g/mol. The maximum absolute atomic E-state index is 12.4. The van der Waals surface area contributed by atoms with Gasteiger partial charge >= 0.3 is 0 Å². The SMILES string of the molecule is CC1CCN(C(=O)[C@H](C)[S@](=O)C/C=C/c2ccccc2)CC1. The van der Waals surface area contributed by atoms with Gasteiger partial charge in [-0.05, 0) is 31.2 Å². The van der Waals surface area contributed by atoms with Crippen LogP contribution in [-0.4, -0.2) is 39.1 Å². The largest absolute Gasteiger partial charge is 0.342 e. The van der Waals surface area contributed by atoms with E-state index in [1.54, 1.807) is 6.92 Å². The number of rotatable bonds is 5. The van der Waals surface area contributed by atoms with E-state index in [4.69, 9.17) is 0 Å². The van der Waals surface area contributed by atoms with E-state index in [0.717, 1.165) is 31.5 Å². The van der Waals surface area contributed by atoms with Crippen LogP contribution in [0.15, 0.2) is 36.4 Å². The molecule has 1 amide bonds. The Morgan fingerprint density at radius 2 is 1.95 bits per heavy atom. The molecule has 0 N–H and O–H groups in total. The van der Waals surface area contributed by atoms with Gasteiger partial charge in [-0.3, -0.25) is 9.00 Å². The molecule has 4 heteroatoms. The molecule has 0 unspecified atom stereocenters. The summed E-state index contributed by atoms with van der Waals surface area (Å²) in [5.41, 5.74) is 1.09. The quantitative estimate of drug-likeness (QED) is 0.836. The topological polar surface area (TPSA) is 37.4 Å². The predicted molar refractivity (Wildman–Crippen MR) is 92.9 cm³/mol. The first-order chi connectivity index (χ1) is 10.6. The van der Waals surface area contributed by atoms with Crippen LogP contribution < -0.4 is 0 Å². The molecular formula is C18H25NO2S. The zero-order chi connectivity index (χ0) is 15.9. The summed E-state index contributed by atoms with van der Waals surface area (Å²) in [7, 11) is -1.16. The van der Waals surface area contributed by atoms with Gasteiger partial charge in [0.25, 0.3) is 0 Å². The minimum atomic E-state index is -1.16. The van der Waals surface area contributed by atoms with E-state index in [1.807, 2.05) is 47.4 Å². The number of amides is 1. The summed E-state index contributed by atoms with van der Waals surface area (Å²) in [6, 6.07) is 9.92. The smallest absolute Gasteiger partial charge is 0.238 e. The van der Waals surface area contributed by atoms with Crippen molar-refractivity contribution in [1.29, 1.82) is 0 Å².